The number of rotatable bonds is 7. The Bertz CT molecular complexity index is 464. The van der Waals surface area contributed by atoms with Gasteiger partial charge < -0.3 is 5.32 Å². The molecule has 3 heteroatoms. The monoisotopic (exact) mass is 277 g/mol. The zero-order valence-corrected chi connectivity index (χ0v) is 12.0. The van der Waals surface area contributed by atoms with Crippen LogP contribution < -0.4 is 5.32 Å². The van der Waals surface area contributed by atoms with Crippen molar-refractivity contribution in [3.8, 4) is 0 Å². The van der Waals surface area contributed by atoms with Crippen LogP contribution in [0.4, 0.5) is 4.39 Å². The summed E-state index contributed by atoms with van der Waals surface area (Å²) in [4.78, 5) is 0. The summed E-state index contributed by atoms with van der Waals surface area (Å²) >= 11 is 1.75. The van der Waals surface area contributed by atoms with Gasteiger partial charge in [0.25, 0.3) is 0 Å². The minimum atomic E-state index is -0.160. The summed E-state index contributed by atoms with van der Waals surface area (Å²) in [5, 5.41) is 7.60. The molecule has 0 amide bonds. The van der Waals surface area contributed by atoms with Crippen LogP contribution in [0.15, 0.2) is 41.1 Å². The molecule has 1 heterocycles. The summed E-state index contributed by atoms with van der Waals surface area (Å²) in [5.74, 6) is 0.433. The molecule has 1 N–H and O–H groups in total. The third kappa shape index (κ3) is 4.77. The second kappa shape index (κ2) is 7.41. The molecule has 102 valence electrons. The molecule has 0 spiro atoms. The summed E-state index contributed by atoms with van der Waals surface area (Å²) < 4.78 is 12.9. The van der Waals surface area contributed by atoms with E-state index >= 15 is 0 Å². The van der Waals surface area contributed by atoms with Gasteiger partial charge in [0.1, 0.15) is 5.82 Å². The Morgan fingerprint density at radius 1 is 1.16 bits per heavy atom. The van der Waals surface area contributed by atoms with E-state index in [0.29, 0.717) is 5.92 Å². The predicted octanol–water partition coefficient (Wildman–Crippen LogP) is 3.90. The van der Waals surface area contributed by atoms with Gasteiger partial charge in [-0.3, -0.25) is 0 Å². The Labute approximate surface area is 118 Å². The van der Waals surface area contributed by atoms with Crippen LogP contribution in [0.2, 0.25) is 0 Å². The summed E-state index contributed by atoms with van der Waals surface area (Å²) in [7, 11) is 1.99. The second-order valence-electron chi connectivity index (χ2n) is 4.92. The van der Waals surface area contributed by atoms with Crippen LogP contribution in [-0.2, 0) is 12.8 Å². The number of aryl methyl sites for hydroxylation is 1. The molecule has 0 aliphatic rings. The molecule has 0 bridgehead atoms. The van der Waals surface area contributed by atoms with Gasteiger partial charge in [0.2, 0.25) is 0 Å². The predicted molar refractivity (Wildman–Crippen MR) is 80.2 cm³/mol. The average Bonchev–Trinajstić information content (AvgIpc) is 2.92. The van der Waals surface area contributed by atoms with Crippen molar-refractivity contribution in [3.63, 3.8) is 0 Å². The fraction of sp³-hybridized carbons (Fsp3) is 0.375. The Morgan fingerprint density at radius 2 is 1.95 bits per heavy atom. The van der Waals surface area contributed by atoms with Crippen LogP contribution in [0.5, 0.6) is 0 Å². The zero-order chi connectivity index (χ0) is 13.5. The highest BCUT2D eigenvalue weighted by Gasteiger charge is 2.09. The number of hydrogen-bond donors (Lipinski definition) is 1. The van der Waals surface area contributed by atoms with Gasteiger partial charge in [0, 0.05) is 0 Å². The number of halogens is 1. The number of benzene rings is 1. The Kier molecular flexibility index (Phi) is 5.55. The van der Waals surface area contributed by atoms with Crippen LogP contribution in [0.25, 0.3) is 0 Å². The molecule has 2 rings (SSSR count). The van der Waals surface area contributed by atoms with Gasteiger partial charge in [0.15, 0.2) is 0 Å². The van der Waals surface area contributed by atoms with Crippen molar-refractivity contribution < 1.29 is 4.39 Å². The van der Waals surface area contributed by atoms with E-state index < -0.39 is 0 Å². The molecule has 1 atom stereocenters. The first-order chi connectivity index (χ1) is 9.28. The summed E-state index contributed by atoms with van der Waals surface area (Å²) in [6.45, 7) is 1.00. The molecule has 0 saturated heterocycles. The van der Waals surface area contributed by atoms with E-state index in [2.05, 4.69) is 22.1 Å². The molecule has 0 aliphatic heterocycles. The van der Waals surface area contributed by atoms with Gasteiger partial charge in [-0.1, -0.05) is 12.1 Å². The first kappa shape index (κ1) is 14.2. The van der Waals surface area contributed by atoms with Crippen molar-refractivity contribution in [1.82, 2.24) is 5.32 Å². The molecule has 0 radical (unpaired) electrons. The van der Waals surface area contributed by atoms with Gasteiger partial charge in [-0.2, -0.15) is 11.3 Å². The lowest BCUT2D eigenvalue weighted by molar-refractivity contribution is 0.461. The number of thiophene rings is 1. The minimum absolute atomic E-state index is 0.160. The molecule has 1 aromatic carbocycles. The molecule has 0 aliphatic carbocycles. The first-order valence-electron chi connectivity index (χ1n) is 6.68. The minimum Gasteiger partial charge on any atom is -0.319 e. The molecule has 0 saturated carbocycles. The molecule has 1 unspecified atom stereocenters. The van der Waals surface area contributed by atoms with E-state index in [-0.39, 0.29) is 5.82 Å². The topological polar surface area (TPSA) is 12.0 Å². The van der Waals surface area contributed by atoms with Gasteiger partial charge >= 0.3 is 0 Å². The van der Waals surface area contributed by atoms with E-state index in [0.717, 1.165) is 25.8 Å². The Morgan fingerprint density at radius 3 is 2.58 bits per heavy atom. The van der Waals surface area contributed by atoms with Crippen molar-refractivity contribution in [1.29, 1.82) is 0 Å². The third-order valence-corrected chi connectivity index (χ3v) is 4.08. The average molecular weight is 277 g/mol. The van der Waals surface area contributed by atoms with Crippen LogP contribution in [0.3, 0.4) is 0 Å². The molecular weight excluding hydrogens is 257 g/mol. The quantitative estimate of drug-likeness (QED) is 0.809. The highest BCUT2D eigenvalue weighted by atomic mass is 32.1. The molecule has 0 fully saturated rings. The van der Waals surface area contributed by atoms with E-state index in [9.17, 15) is 4.39 Å². The maximum absolute atomic E-state index is 12.9. The van der Waals surface area contributed by atoms with Gasteiger partial charge in [-0.15, -0.1) is 0 Å². The van der Waals surface area contributed by atoms with Crippen LogP contribution >= 0.6 is 11.3 Å². The molecule has 1 aromatic heterocycles. The standard InChI is InChI=1S/C16H20FNS/c1-18-11-15(3-2-14-8-9-19-12-14)10-13-4-6-16(17)7-5-13/h4-9,12,15,18H,2-3,10-11H2,1H3. The van der Waals surface area contributed by atoms with E-state index in [1.165, 1.54) is 11.1 Å². The van der Waals surface area contributed by atoms with E-state index in [4.69, 9.17) is 0 Å². The maximum Gasteiger partial charge on any atom is 0.123 e. The molecule has 19 heavy (non-hydrogen) atoms. The van der Waals surface area contributed by atoms with E-state index in [1.807, 2.05) is 19.2 Å². The van der Waals surface area contributed by atoms with E-state index in [1.54, 1.807) is 23.5 Å². The summed E-state index contributed by atoms with van der Waals surface area (Å²) in [6, 6.07) is 9.07. The molecule has 2 aromatic rings. The number of hydrogen-bond acceptors (Lipinski definition) is 2. The largest absolute Gasteiger partial charge is 0.319 e. The molecular formula is C16H20FNS. The lowest BCUT2D eigenvalue weighted by atomic mass is 9.93. The Balaban J connectivity index is 1.89. The Hall–Kier alpha value is -1.19. The third-order valence-electron chi connectivity index (χ3n) is 3.35. The van der Waals surface area contributed by atoms with Crippen molar-refractivity contribution >= 4 is 11.3 Å². The summed E-state index contributed by atoms with van der Waals surface area (Å²) in [5.41, 5.74) is 2.64. The number of nitrogens with one attached hydrogen (secondary N) is 1. The van der Waals surface area contributed by atoms with Crippen LogP contribution in [0.1, 0.15) is 17.5 Å². The molecule has 1 nitrogen and oxygen atoms in total. The zero-order valence-electron chi connectivity index (χ0n) is 11.2. The maximum atomic E-state index is 12.9. The SMILES string of the molecule is CNCC(CCc1ccsc1)Cc1ccc(F)cc1. The fourth-order valence-corrected chi connectivity index (χ4v) is 3.03. The lowest BCUT2D eigenvalue weighted by Crippen LogP contribution is -2.21. The highest BCUT2D eigenvalue weighted by molar-refractivity contribution is 7.07. The smallest absolute Gasteiger partial charge is 0.123 e. The highest BCUT2D eigenvalue weighted by Crippen LogP contribution is 2.17. The van der Waals surface area contributed by atoms with Gasteiger partial charge in [-0.05, 0) is 78.9 Å². The lowest BCUT2D eigenvalue weighted by Gasteiger charge is -2.16. The van der Waals surface area contributed by atoms with Crippen molar-refractivity contribution in [2.75, 3.05) is 13.6 Å². The second-order valence-corrected chi connectivity index (χ2v) is 5.70. The first-order valence-corrected chi connectivity index (χ1v) is 7.62. The normalized spacial score (nSPS) is 12.5. The van der Waals surface area contributed by atoms with Crippen LogP contribution in [-0.4, -0.2) is 13.6 Å². The van der Waals surface area contributed by atoms with Crippen molar-refractivity contribution in [2.24, 2.45) is 5.92 Å². The van der Waals surface area contributed by atoms with Gasteiger partial charge in [0.05, 0.1) is 0 Å². The van der Waals surface area contributed by atoms with Crippen LogP contribution in [0, 0.1) is 11.7 Å². The van der Waals surface area contributed by atoms with Crippen molar-refractivity contribution in [3.05, 3.63) is 58.0 Å². The summed E-state index contributed by atoms with van der Waals surface area (Å²) in [6.07, 6.45) is 3.29. The van der Waals surface area contributed by atoms with Crippen molar-refractivity contribution in [2.45, 2.75) is 19.3 Å². The van der Waals surface area contributed by atoms with Gasteiger partial charge in [-0.25, -0.2) is 4.39 Å². The fourth-order valence-electron chi connectivity index (χ4n) is 2.32.